The lowest BCUT2D eigenvalue weighted by Gasteiger charge is -2.26. The Balaban J connectivity index is 4.06. The van der Waals surface area contributed by atoms with E-state index in [9.17, 15) is 4.79 Å². The number of amides is 1. The van der Waals surface area contributed by atoms with Gasteiger partial charge >= 0.3 is 0 Å². The molecule has 0 rings (SSSR count). The average Bonchev–Trinajstić information content (AvgIpc) is 2.21. The zero-order valence-electron chi connectivity index (χ0n) is 12.0. The number of hydrogen-bond donors (Lipinski definition) is 2. The molecule has 0 aliphatic heterocycles. The summed E-state index contributed by atoms with van der Waals surface area (Å²) in [6, 6.07) is -0.217. The third-order valence-electron chi connectivity index (χ3n) is 2.87. The standard InChI is InChI=1S/C13H29N3O/c1-6-16(7-2)9-8-15-11(12(14)17)10-13(3,4)5/h11,15H,6-10H2,1-5H3,(H2,14,17). The molecule has 0 aliphatic carbocycles. The fraction of sp³-hybridized carbons (Fsp3) is 0.923. The number of nitrogens with two attached hydrogens (primary N) is 1. The first-order chi connectivity index (χ1) is 7.80. The van der Waals surface area contributed by atoms with E-state index in [2.05, 4.69) is 44.8 Å². The van der Waals surface area contributed by atoms with Crippen molar-refractivity contribution in [1.82, 2.24) is 10.2 Å². The molecule has 0 bridgehead atoms. The molecule has 17 heavy (non-hydrogen) atoms. The summed E-state index contributed by atoms with van der Waals surface area (Å²) in [6.45, 7) is 14.5. The van der Waals surface area contributed by atoms with E-state index in [0.29, 0.717) is 0 Å². The first-order valence-corrected chi connectivity index (χ1v) is 6.55. The number of hydrogen-bond acceptors (Lipinski definition) is 3. The van der Waals surface area contributed by atoms with E-state index in [-0.39, 0.29) is 17.4 Å². The highest BCUT2D eigenvalue weighted by atomic mass is 16.1. The normalized spacial score (nSPS) is 14.0. The topological polar surface area (TPSA) is 58.4 Å². The minimum atomic E-state index is -0.250. The molecule has 1 amide bonds. The number of rotatable bonds is 8. The van der Waals surface area contributed by atoms with Gasteiger partial charge in [-0.05, 0) is 24.9 Å². The summed E-state index contributed by atoms with van der Waals surface area (Å²) >= 11 is 0. The second kappa shape index (κ2) is 7.67. The summed E-state index contributed by atoms with van der Waals surface area (Å²) in [6.07, 6.45) is 0.778. The first-order valence-electron chi connectivity index (χ1n) is 6.55. The van der Waals surface area contributed by atoms with Crippen LogP contribution >= 0.6 is 0 Å². The van der Waals surface area contributed by atoms with E-state index in [1.165, 1.54) is 0 Å². The Labute approximate surface area is 106 Å². The van der Waals surface area contributed by atoms with Crippen molar-refractivity contribution < 1.29 is 4.79 Å². The van der Waals surface area contributed by atoms with Gasteiger partial charge in [-0.15, -0.1) is 0 Å². The third kappa shape index (κ3) is 8.16. The van der Waals surface area contributed by atoms with Crippen molar-refractivity contribution in [2.45, 2.75) is 47.1 Å². The predicted molar refractivity (Wildman–Crippen MR) is 72.8 cm³/mol. The van der Waals surface area contributed by atoms with Gasteiger partial charge in [-0.2, -0.15) is 0 Å². The van der Waals surface area contributed by atoms with Crippen LogP contribution in [0.5, 0.6) is 0 Å². The summed E-state index contributed by atoms with van der Waals surface area (Å²) in [4.78, 5) is 13.7. The minimum Gasteiger partial charge on any atom is -0.368 e. The van der Waals surface area contributed by atoms with Crippen LogP contribution in [0.3, 0.4) is 0 Å². The highest BCUT2D eigenvalue weighted by Crippen LogP contribution is 2.20. The number of nitrogens with one attached hydrogen (secondary N) is 1. The van der Waals surface area contributed by atoms with Crippen LogP contribution in [0.25, 0.3) is 0 Å². The number of carbonyl (C=O) groups is 1. The molecule has 1 unspecified atom stereocenters. The van der Waals surface area contributed by atoms with Crippen molar-refractivity contribution in [3.05, 3.63) is 0 Å². The minimum absolute atomic E-state index is 0.113. The molecule has 4 nitrogen and oxygen atoms in total. The molecule has 0 radical (unpaired) electrons. The summed E-state index contributed by atoms with van der Waals surface area (Å²) in [7, 11) is 0. The Hall–Kier alpha value is -0.610. The maximum absolute atomic E-state index is 11.3. The van der Waals surface area contributed by atoms with E-state index in [1.54, 1.807) is 0 Å². The lowest BCUT2D eigenvalue weighted by Crippen LogP contribution is -2.46. The molecule has 0 aromatic heterocycles. The van der Waals surface area contributed by atoms with Crippen LogP contribution in [-0.2, 0) is 4.79 Å². The van der Waals surface area contributed by atoms with Crippen LogP contribution in [0.2, 0.25) is 0 Å². The smallest absolute Gasteiger partial charge is 0.234 e. The number of likely N-dealkylation sites (N-methyl/N-ethyl adjacent to an activating group) is 1. The summed E-state index contributed by atoms with van der Waals surface area (Å²) in [5.41, 5.74) is 5.52. The SMILES string of the molecule is CCN(CC)CCNC(CC(C)(C)C)C(N)=O. The van der Waals surface area contributed by atoms with E-state index in [0.717, 1.165) is 32.6 Å². The van der Waals surface area contributed by atoms with Gasteiger partial charge in [0.2, 0.25) is 5.91 Å². The second-order valence-corrected chi connectivity index (χ2v) is 5.70. The molecule has 102 valence electrons. The van der Waals surface area contributed by atoms with Gasteiger partial charge in [-0.25, -0.2) is 0 Å². The highest BCUT2D eigenvalue weighted by Gasteiger charge is 2.22. The van der Waals surface area contributed by atoms with Crippen molar-refractivity contribution in [2.75, 3.05) is 26.2 Å². The fourth-order valence-electron chi connectivity index (χ4n) is 1.82. The van der Waals surface area contributed by atoms with Crippen LogP contribution in [0, 0.1) is 5.41 Å². The Morgan fingerprint density at radius 1 is 1.29 bits per heavy atom. The van der Waals surface area contributed by atoms with Crippen molar-refractivity contribution in [3.8, 4) is 0 Å². The maximum Gasteiger partial charge on any atom is 0.234 e. The summed E-state index contributed by atoms with van der Waals surface area (Å²) in [5.74, 6) is -0.250. The maximum atomic E-state index is 11.3. The number of primary amides is 1. The van der Waals surface area contributed by atoms with Gasteiger partial charge in [0.1, 0.15) is 0 Å². The van der Waals surface area contributed by atoms with Crippen molar-refractivity contribution >= 4 is 5.91 Å². The van der Waals surface area contributed by atoms with Gasteiger partial charge in [0.05, 0.1) is 6.04 Å². The third-order valence-corrected chi connectivity index (χ3v) is 2.87. The van der Waals surface area contributed by atoms with E-state index in [4.69, 9.17) is 5.73 Å². The Morgan fingerprint density at radius 2 is 1.82 bits per heavy atom. The molecule has 0 heterocycles. The molecule has 0 saturated heterocycles. The van der Waals surface area contributed by atoms with Gasteiger partial charge in [0, 0.05) is 13.1 Å². The molecule has 0 fully saturated rings. The molecular weight excluding hydrogens is 214 g/mol. The zero-order chi connectivity index (χ0) is 13.5. The lowest BCUT2D eigenvalue weighted by atomic mass is 9.88. The molecule has 0 aliphatic rings. The van der Waals surface area contributed by atoms with E-state index >= 15 is 0 Å². The first kappa shape index (κ1) is 16.4. The molecular formula is C13H29N3O. The average molecular weight is 243 g/mol. The monoisotopic (exact) mass is 243 g/mol. The Morgan fingerprint density at radius 3 is 2.18 bits per heavy atom. The van der Waals surface area contributed by atoms with Crippen molar-refractivity contribution in [2.24, 2.45) is 11.1 Å². The van der Waals surface area contributed by atoms with E-state index in [1.807, 2.05) is 0 Å². The quantitative estimate of drug-likeness (QED) is 0.673. The van der Waals surface area contributed by atoms with Crippen molar-refractivity contribution in [3.63, 3.8) is 0 Å². The molecule has 0 saturated carbocycles. The summed E-state index contributed by atoms with van der Waals surface area (Å²) in [5, 5.41) is 3.26. The Bertz CT molecular complexity index is 219. The Kier molecular flexibility index (Phi) is 7.39. The van der Waals surface area contributed by atoms with Crippen molar-refractivity contribution in [1.29, 1.82) is 0 Å². The number of carbonyl (C=O) groups excluding carboxylic acids is 1. The van der Waals surface area contributed by atoms with Gasteiger partial charge < -0.3 is 16.0 Å². The molecule has 1 atom stereocenters. The van der Waals surface area contributed by atoms with Crippen LogP contribution in [-0.4, -0.2) is 43.0 Å². The largest absolute Gasteiger partial charge is 0.368 e. The van der Waals surface area contributed by atoms with Gasteiger partial charge in [0.15, 0.2) is 0 Å². The summed E-state index contributed by atoms with van der Waals surface area (Å²) < 4.78 is 0. The molecule has 4 heteroatoms. The predicted octanol–water partition coefficient (Wildman–Crippen LogP) is 1.21. The number of nitrogens with zero attached hydrogens (tertiary/aromatic N) is 1. The molecule has 0 spiro atoms. The van der Waals surface area contributed by atoms with E-state index < -0.39 is 0 Å². The lowest BCUT2D eigenvalue weighted by molar-refractivity contribution is -0.120. The van der Waals surface area contributed by atoms with Crippen LogP contribution < -0.4 is 11.1 Å². The highest BCUT2D eigenvalue weighted by molar-refractivity contribution is 5.79. The van der Waals surface area contributed by atoms with Gasteiger partial charge in [0.25, 0.3) is 0 Å². The second-order valence-electron chi connectivity index (χ2n) is 5.70. The van der Waals surface area contributed by atoms with Crippen LogP contribution in [0.1, 0.15) is 41.0 Å². The zero-order valence-corrected chi connectivity index (χ0v) is 12.0. The molecule has 3 N–H and O–H groups in total. The van der Waals surface area contributed by atoms with Gasteiger partial charge in [-0.1, -0.05) is 34.6 Å². The van der Waals surface area contributed by atoms with Gasteiger partial charge in [-0.3, -0.25) is 4.79 Å². The van der Waals surface area contributed by atoms with Crippen LogP contribution in [0.15, 0.2) is 0 Å². The van der Waals surface area contributed by atoms with Crippen LogP contribution in [0.4, 0.5) is 0 Å². The molecule has 0 aromatic carbocycles. The fourth-order valence-corrected chi connectivity index (χ4v) is 1.82. The molecule has 0 aromatic rings.